The fourth-order valence-corrected chi connectivity index (χ4v) is 2.46. The maximum atomic E-state index is 11.2. The Morgan fingerprint density at radius 1 is 1.20 bits per heavy atom. The maximum absolute atomic E-state index is 11.2. The highest BCUT2D eigenvalue weighted by Crippen LogP contribution is 2.20. The minimum atomic E-state index is -1.40. The van der Waals surface area contributed by atoms with Crippen molar-refractivity contribution in [3.8, 4) is 0 Å². The summed E-state index contributed by atoms with van der Waals surface area (Å²) in [6.45, 7) is 6.24. The molecule has 0 amide bonds. The van der Waals surface area contributed by atoms with E-state index in [9.17, 15) is 19.8 Å². The summed E-state index contributed by atoms with van der Waals surface area (Å²) in [7, 11) is 0. The molecule has 1 aliphatic heterocycles. The number of rotatable bonds is 10. The van der Waals surface area contributed by atoms with Gasteiger partial charge in [0.15, 0.2) is 0 Å². The van der Waals surface area contributed by atoms with Gasteiger partial charge < -0.3 is 14.9 Å². The van der Waals surface area contributed by atoms with E-state index in [2.05, 4.69) is 37.7 Å². The second-order valence-electron chi connectivity index (χ2n) is 6.49. The first kappa shape index (κ1) is 21.1. The Kier molecular flexibility index (Phi) is 9.10. The zero-order valence-corrected chi connectivity index (χ0v) is 15.2. The van der Waals surface area contributed by atoms with Crippen LogP contribution in [-0.4, -0.2) is 34.9 Å². The number of esters is 1. The van der Waals surface area contributed by atoms with Crippen molar-refractivity contribution in [2.75, 3.05) is 0 Å². The van der Waals surface area contributed by atoms with Crippen molar-refractivity contribution >= 4 is 12.3 Å². The third-order valence-corrected chi connectivity index (χ3v) is 3.95. The van der Waals surface area contributed by atoms with Gasteiger partial charge in [-0.15, -0.1) is 0 Å². The minimum Gasteiger partial charge on any atom is -0.429 e. The van der Waals surface area contributed by atoms with Gasteiger partial charge in [0.25, 0.3) is 0 Å². The van der Waals surface area contributed by atoms with Crippen LogP contribution in [0.3, 0.4) is 0 Å². The molecule has 25 heavy (non-hydrogen) atoms. The van der Waals surface area contributed by atoms with E-state index in [0.717, 1.165) is 31.6 Å². The van der Waals surface area contributed by atoms with Crippen molar-refractivity contribution in [2.45, 2.75) is 65.3 Å². The molecule has 0 aromatic heterocycles. The number of hydrogen-bond acceptors (Lipinski definition) is 5. The Bertz CT molecular complexity index is 591. The molecule has 0 aromatic carbocycles. The van der Waals surface area contributed by atoms with Gasteiger partial charge in [0.05, 0.1) is 6.10 Å². The predicted octanol–water partition coefficient (Wildman–Crippen LogP) is 3.14. The molecule has 0 fully saturated rings. The number of aliphatic hydroxyl groups is 2. The lowest BCUT2D eigenvalue weighted by Gasteiger charge is -2.12. The topological polar surface area (TPSA) is 83.8 Å². The normalized spacial score (nSPS) is 19.3. The third-order valence-electron chi connectivity index (χ3n) is 3.95. The van der Waals surface area contributed by atoms with Crippen LogP contribution in [0.15, 0.2) is 46.6 Å². The third kappa shape index (κ3) is 8.09. The smallest absolute Gasteiger partial charge is 0.333 e. The Morgan fingerprint density at radius 2 is 1.88 bits per heavy atom. The lowest BCUT2D eigenvalue weighted by Crippen LogP contribution is -2.20. The van der Waals surface area contributed by atoms with E-state index in [4.69, 9.17) is 0 Å². The van der Waals surface area contributed by atoms with Gasteiger partial charge in [0.1, 0.15) is 6.29 Å². The van der Waals surface area contributed by atoms with Crippen molar-refractivity contribution in [2.24, 2.45) is 0 Å². The first-order chi connectivity index (χ1) is 11.8. The molecule has 0 radical (unpaired) electrons. The summed E-state index contributed by atoms with van der Waals surface area (Å²) < 4.78 is 4.53. The van der Waals surface area contributed by atoms with E-state index in [1.807, 2.05) is 0 Å². The maximum Gasteiger partial charge on any atom is 0.333 e. The van der Waals surface area contributed by atoms with E-state index < -0.39 is 18.4 Å². The highest BCUT2D eigenvalue weighted by molar-refractivity contribution is 5.85. The number of allylic oxidation sites excluding steroid dienone is 5. The number of carbonyl (C=O) groups is 2. The summed E-state index contributed by atoms with van der Waals surface area (Å²) in [5, 5.41) is 19.5. The molecular formula is C20H28O5. The second-order valence-corrected chi connectivity index (χ2v) is 6.49. The largest absolute Gasteiger partial charge is 0.429 e. The molecule has 0 aromatic rings. The average molecular weight is 348 g/mol. The van der Waals surface area contributed by atoms with Gasteiger partial charge in [-0.05, 0) is 58.4 Å². The van der Waals surface area contributed by atoms with Crippen LogP contribution in [0.1, 0.15) is 52.9 Å². The molecule has 0 saturated carbocycles. The minimum absolute atomic E-state index is 0.126. The molecule has 2 unspecified atom stereocenters. The van der Waals surface area contributed by atoms with Gasteiger partial charge in [-0.3, -0.25) is 4.79 Å². The zero-order valence-electron chi connectivity index (χ0n) is 15.2. The summed E-state index contributed by atoms with van der Waals surface area (Å²) in [4.78, 5) is 22.2. The Morgan fingerprint density at radius 3 is 2.44 bits per heavy atom. The van der Waals surface area contributed by atoms with E-state index in [1.165, 1.54) is 11.1 Å². The molecule has 0 bridgehead atoms. The van der Waals surface area contributed by atoms with Crippen molar-refractivity contribution in [1.29, 1.82) is 0 Å². The zero-order chi connectivity index (χ0) is 18.8. The highest BCUT2D eigenvalue weighted by atomic mass is 16.6. The average Bonchev–Trinajstić information content (AvgIpc) is 2.88. The van der Waals surface area contributed by atoms with Crippen LogP contribution in [0.5, 0.6) is 0 Å². The van der Waals surface area contributed by atoms with Crippen molar-refractivity contribution in [1.82, 2.24) is 0 Å². The van der Waals surface area contributed by atoms with E-state index in [1.54, 1.807) is 6.08 Å². The number of carbonyl (C=O) groups excluding carboxylic acids is 2. The number of cyclic esters (lactones) is 1. The number of aldehydes is 1. The van der Waals surface area contributed by atoms with Crippen LogP contribution >= 0.6 is 0 Å². The molecule has 1 aliphatic rings. The molecular weight excluding hydrogens is 320 g/mol. The fourth-order valence-electron chi connectivity index (χ4n) is 2.46. The lowest BCUT2D eigenvalue weighted by atomic mass is 10.0. The van der Waals surface area contributed by atoms with Crippen LogP contribution in [0.25, 0.3) is 0 Å². The predicted molar refractivity (Wildman–Crippen MR) is 96.6 cm³/mol. The van der Waals surface area contributed by atoms with Gasteiger partial charge in [0, 0.05) is 11.6 Å². The number of ether oxygens (including phenoxy) is 1. The molecule has 138 valence electrons. The SMILES string of the molecule is CC(C)=CCC/C(C)=C/CC/C(C=O)=C\CC(O)C1=CC(=O)OC1O. The van der Waals surface area contributed by atoms with Crippen LogP contribution in [0.4, 0.5) is 0 Å². The summed E-state index contributed by atoms with van der Waals surface area (Å²) in [6.07, 6.45) is 8.91. The van der Waals surface area contributed by atoms with Crippen molar-refractivity contribution in [3.05, 3.63) is 46.6 Å². The lowest BCUT2D eigenvalue weighted by molar-refractivity contribution is -0.151. The van der Waals surface area contributed by atoms with Gasteiger partial charge in [0.2, 0.25) is 6.29 Å². The quantitative estimate of drug-likeness (QED) is 0.274. The molecule has 0 aliphatic carbocycles. The number of hydrogen-bond donors (Lipinski definition) is 2. The second kappa shape index (κ2) is 10.8. The monoisotopic (exact) mass is 348 g/mol. The fraction of sp³-hybridized carbons (Fsp3) is 0.500. The van der Waals surface area contributed by atoms with Crippen LogP contribution < -0.4 is 0 Å². The van der Waals surface area contributed by atoms with Crippen molar-refractivity contribution in [3.63, 3.8) is 0 Å². The van der Waals surface area contributed by atoms with E-state index >= 15 is 0 Å². The molecule has 5 heteroatoms. The highest BCUT2D eigenvalue weighted by Gasteiger charge is 2.28. The Balaban J connectivity index is 2.46. The molecule has 0 spiro atoms. The molecule has 2 N–H and O–H groups in total. The van der Waals surface area contributed by atoms with Gasteiger partial charge in [-0.1, -0.05) is 29.4 Å². The summed E-state index contributed by atoms with van der Waals surface area (Å²) in [6, 6.07) is 0. The van der Waals surface area contributed by atoms with Gasteiger partial charge in [-0.2, -0.15) is 0 Å². The van der Waals surface area contributed by atoms with Crippen molar-refractivity contribution < 1.29 is 24.5 Å². The van der Waals surface area contributed by atoms with Gasteiger partial charge in [-0.25, -0.2) is 4.79 Å². The molecule has 0 saturated heterocycles. The van der Waals surface area contributed by atoms with Crippen LogP contribution in [0.2, 0.25) is 0 Å². The summed E-state index contributed by atoms with van der Waals surface area (Å²) in [5.41, 5.74) is 3.32. The van der Waals surface area contributed by atoms with Gasteiger partial charge >= 0.3 is 5.97 Å². The molecule has 2 atom stereocenters. The van der Waals surface area contributed by atoms with E-state index in [0.29, 0.717) is 12.0 Å². The Hall–Kier alpha value is -1.98. The standard InChI is InChI=1S/C20H28O5/c1-14(2)6-4-7-15(3)8-5-9-16(13-21)10-11-18(22)17-12-19(23)25-20(17)24/h6,8,10,12-13,18,20,22,24H,4-5,7,9,11H2,1-3H3/b15-8+,16-10+. The van der Waals surface area contributed by atoms with Crippen LogP contribution in [0, 0.1) is 0 Å². The summed E-state index contributed by atoms with van der Waals surface area (Å²) in [5.74, 6) is -0.671. The van der Waals surface area contributed by atoms with E-state index in [-0.39, 0.29) is 12.0 Å². The first-order valence-corrected chi connectivity index (χ1v) is 8.55. The molecule has 5 nitrogen and oxygen atoms in total. The first-order valence-electron chi connectivity index (χ1n) is 8.55. The molecule has 1 heterocycles. The molecule has 1 rings (SSSR count). The Labute approximate surface area is 149 Å². The summed E-state index contributed by atoms with van der Waals surface area (Å²) >= 11 is 0. The number of aliphatic hydroxyl groups excluding tert-OH is 2. The van der Waals surface area contributed by atoms with Crippen LogP contribution in [-0.2, 0) is 14.3 Å².